The van der Waals surface area contributed by atoms with E-state index in [9.17, 15) is 19.5 Å². The highest BCUT2D eigenvalue weighted by Gasteiger charge is 2.43. The summed E-state index contributed by atoms with van der Waals surface area (Å²) in [6.45, 7) is 0.825. The number of carbonyl (C=O) groups is 2. The van der Waals surface area contributed by atoms with Gasteiger partial charge in [-0.2, -0.15) is 0 Å². The van der Waals surface area contributed by atoms with Crippen LogP contribution in [0.15, 0.2) is 11.0 Å². The van der Waals surface area contributed by atoms with Gasteiger partial charge in [0.05, 0.1) is 5.41 Å². The van der Waals surface area contributed by atoms with E-state index < -0.39 is 22.9 Å². The summed E-state index contributed by atoms with van der Waals surface area (Å²) in [7, 11) is 1.52. The van der Waals surface area contributed by atoms with Crippen molar-refractivity contribution in [2.24, 2.45) is 5.41 Å². The van der Waals surface area contributed by atoms with Gasteiger partial charge in [0.15, 0.2) is 0 Å². The average Bonchev–Trinajstić information content (AvgIpc) is 3.44. The van der Waals surface area contributed by atoms with E-state index in [4.69, 9.17) is 4.74 Å². The normalized spacial score (nSPS) is 23.5. The van der Waals surface area contributed by atoms with Gasteiger partial charge in [0, 0.05) is 38.9 Å². The van der Waals surface area contributed by atoms with Crippen LogP contribution in [0.1, 0.15) is 54.2 Å². The number of rotatable bonds is 6. The van der Waals surface area contributed by atoms with E-state index in [0.717, 1.165) is 12.8 Å². The van der Waals surface area contributed by atoms with Crippen molar-refractivity contribution in [2.75, 3.05) is 26.8 Å². The number of piperidine rings is 1. The molecule has 3 rings (SSSR count). The predicted octanol–water partition coefficient (Wildman–Crippen LogP) is 0.991. The van der Waals surface area contributed by atoms with Crippen LogP contribution in [0.5, 0.6) is 0 Å². The number of H-pyrrole nitrogens is 1. The molecule has 2 aliphatic rings. The number of ether oxygens (including phenoxy) is 1. The molecule has 0 bridgehead atoms. The van der Waals surface area contributed by atoms with Gasteiger partial charge in [-0.15, -0.1) is 0 Å². The standard InChI is InChI=1S/C17H23N3O5/c1-25-8-6-17(16(23)24)5-2-7-20(10-17)15(22)12-9-18-13(11-3-4-11)19-14(12)21/h9,11H,2-8,10H2,1H3,(H,23,24)(H,18,19,21)/t17-/m1/s1. The third-order valence-corrected chi connectivity index (χ3v) is 5.12. The topological polar surface area (TPSA) is 113 Å². The molecule has 1 atom stereocenters. The van der Waals surface area contributed by atoms with Gasteiger partial charge >= 0.3 is 5.97 Å². The number of carboxylic acids is 1. The molecule has 1 amide bonds. The third kappa shape index (κ3) is 3.58. The summed E-state index contributed by atoms with van der Waals surface area (Å²) in [6.07, 6.45) is 4.72. The summed E-state index contributed by atoms with van der Waals surface area (Å²) in [5.74, 6) is -0.474. The van der Waals surface area contributed by atoms with E-state index in [0.29, 0.717) is 44.2 Å². The number of aliphatic carboxylic acids is 1. The molecule has 8 nitrogen and oxygen atoms in total. The summed E-state index contributed by atoms with van der Waals surface area (Å²) in [4.78, 5) is 45.1. The van der Waals surface area contributed by atoms with Crippen molar-refractivity contribution in [3.8, 4) is 0 Å². The van der Waals surface area contributed by atoms with Crippen molar-refractivity contribution < 1.29 is 19.4 Å². The molecule has 136 valence electrons. The fourth-order valence-electron chi connectivity index (χ4n) is 3.38. The number of aromatic nitrogens is 2. The van der Waals surface area contributed by atoms with E-state index in [1.807, 2.05) is 0 Å². The molecule has 2 heterocycles. The summed E-state index contributed by atoms with van der Waals surface area (Å²) in [5, 5.41) is 9.67. The zero-order valence-electron chi connectivity index (χ0n) is 14.3. The maximum atomic E-state index is 12.7. The van der Waals surface area contributed by atoms with Crippen molar-refractivity contribution in [2.45, 2.75) is 38.0 Å². The van der Waals surface area contributed by atoms with Crippen molar-refractivity contribution in [1.29, 1.82) is 0 Å². The first kappa shape index (κ1) is 17.6. The van der Waals surface area contributed by atoms with Crippen LogP contribution in [-0.4, -0.2) is 58.7 Å². The number of hydrogen-bond donors (Lipinski definition) is 2. The molecule has 1 aliphatic heterocycles. The lowest BCUT2D eigenvalue weighted by Crippen LogP contribution is -2.51. The van der Waals surface area contributed by atoms with E-state index >= 15 is 0 Å². The number of aromatic amines is 1. The number of carboxylic acid groups (broad SMARTS) is 1. The lowest BCUT2D eigenvalue weighted by atomic mass is 9.77. The molecule has 8 heteroatoms. The van der Waals surface area contributed by atoms with Crippen LogP contribution in [0.25, 0.3) is 0 Å². The van der Waals surface area contributed by atoms with Crippen LogP contribution < -0.4 is 5.56 Å². The van der Waals surface area contributed by atoms with Crippen LogP contribution in [0.2, 0.25) is 0 Å². The first-order valence-corrected chi connectivity index (χ1v) is 8.58. The quantitative estimate of drug-likeness (QED) is 0.792. The van der Waals surface area contributed by atoms with Gasteiger partial charge in [0.1, 0.15) is 11.4 Å². The molecule has 1 saturated carbocycles. The monoisotopic (exact) mass is 349 g/mol. The second kappa shape index (κ2) is 6.95. The van der Waals surface area contributed by atoms with Crippen LogP contribution >= 0.6 is 0 Å². The Morgan fingerprint density at radius 2 is 2.24 bits per heavy atom. The molecular weight excluding hydrogens is 326 g/mol. The van der Waals surface area contributed by atoms with Crippen LogP contribution in [0, 0.1) is 5.41 Å². The summed E-state index contributed by atoms with van der Waals surface area (Å²) < 4.78 is 5.03. The number of methoxy groups -OCH3 is 1. The van der Waals surface area contributed by atoms with E-state index in [2.05, 4.69) is 9.97 Å². The van der Waals surface area contributed by atoms with Gasteiger partial charge in [0.25, 0.3) is 11.5 Å². The fraction of sp³-hybridized carbons (Fsp3) is 0.647. The Balaban J connectivity index is 1.79. The second-order valence-electron chi connectivity index (χ2n) is 6.94. The number of hydrogen-bond acceptors (Lipinski definition) is 5. The number of nitrogens with zero attached hydrogens (tertiary/aromatic N) is 2. The van der Waals surface area contributed by atoms with E-state index in [-0.39, 0.29) is 12.1 Å². The Kier molecular flexibility index (Phi) is 4.89. The Hall–Kier alpha value is -2.22. The minimum Gasteiger partial charge on any atom is -0.481 e. The number of likely N-dealkylation sites (tertiary alicyclic amines) is 1. The molecule has 2 N–H and O–H groups in total. The van der Waals surface area contributed by atoms with Crippen molar-refractivity contribution in [3.63, 3.8) is 0 Å². The fourth-order valence-corrected chi connectivity index (χ4v) is 3.38. The highest BCUT2D eigenvalue weighted by molar-refractivity contribution is 5.94. The van der Waals surface area contributed by atoms with Crippen molar-refractivity contribution in [1.82, 2.24) is 14.9 Å². The smallest absolute Gasteiger partial charge is 0.311 e. The SMILES string of the molecule is COCC[C@]1(C(=O)O)CCCN(C(=O)c2cnc(C3CC3)[nH]c2=O)C1. The highest BCUT2D eigenvalue weighted by Crippen LogP contribution is 2.37. The van der Waals surface area contributed by atoms with Gasteiger partial charge in [-0.3, -0.25) is 14.4 Å². The maximum absolute atomic E-state index is 12.7. The second-order valence-corrected chi connectivity index (χ2v) is 6.94. The van der Waals surface area contributed by atoms with Crippen LogP contribution in [0.3, 0.4) is 0 Å². The zero-order valence-corrected chi connectivity index (χ0v) is 14.3. The van der Waals surface area contributed by atoms with Gasteiger partial charge in [0.2, 0.25) is 0 Å². The molecule has 0 radical (unpaired) electrons. The molecule has 25 heavy (non-hydrogen) atoms. The summed E-state index contributed by atoms with van der Waals surface area (Å²) >= 11 is 0. The lowest BCUT2D eigenvalue weighted by Gasteiger charge is -2.39. The molecule has 0 aromatic carbocycles. The summed E-state index contributed by atoms with van der Waals surface area (Å²) in [6, 6.07) is 0. The molecule has 2 fully saturated rings. The minimum atomic E-state index is -1.03. The first-order chi connectivity index (χ1) is 12.0. The van der Waals surface area contributed by atoms with Gasteiger partial charge in [-0.25, -0.2) is 4.98 Å². The van der Waals surface area contributed by atoms with Crippen molar-refractivity contribution in [3.05, 3.63) is 27.9 Å². The largest absolute Gasteiger partial charge is 0.481 e. The Bertz CT molecular complexity index is 727. The Labute approximate surface area is 145 Å². The Morgan fingerprint density at radius 3 is 2.84 bits per heavy atom. The summed E-state index contributed by atoms with van der Waals surface area (Å²) in [5.41, 5.74) is -1.51. The molecule has 0 unspecified atom stereocenters. The average molecular weight is 349 g/mol. The van der Waals surface area contributed by atoms with E-state index in [1.165, 1.54) is 18.2 Å². The maximum Gasteiger partial charge on any atom is 0.311 e. The molecule has 1 aromatic rings. The predicted molar refractivity (Wildman–Crippen MR) is 88.5 cm³/mol. The highest BCUT2D eigenvalue weighted by atomic mass is 16.5. The number of amides is 1. The van der Waals surface area contributed by atoms with E-state index in [1.54, 1.807) is 0 Å². The minimum absolute atomic E-state index is 0.0302. The molecule has 1 saturated heterocycles. The molecular formula is C17H23N3O5. The zero-order chi connectivity index (χ0) is 18.0. The van der Waals surface area contributed by atoms with Gasteiger partial charge in [-0.1, -0.05) is 0 Å². The van der Waals surface area contributed by atoms with Crippen LogP contribution in [-0.2, 0) is 9.53 Å². The number of carbonyl (C=O) groups excluding carboxylic acids is 1. The lowest BCUT2D eigenvalue weighted by molar-refractivity contribution is -0.153. The molecule has 1 aliphatic carbocycles. The van der Waals surface area contributed by atoms with Crippen LogP contribution in [0.4, 0.5) is 0 Å². The first-order valence-electron chi connectivity index (χ1n) is 8.58. The third-order valence-electron chi connectivity index (χ3n) is 5.12. The Morgan fingerprint density at radius 1 is 1.48 bits per heavy atom. The molecule has 0 spiro atoms. The molecule has 1 aromatic heterocycles. The van der Waals surface area contributed by atoms with Gasteiger partial charge in [-0.05, 0) is 32.1 Å². The van der Waals surface area contributed by atoms with Crippen molar-refractivity contribution >= 4 is 11.9 Å². The number of nitrogens with one attached hydrogen (secondary N) is 1. The van der Waals surface area contributed by atoms with Gasteiger partial charge < -0.3 is 19.7 Å².